The molecule has 27 heteroatoms. The average Bonchev–Trinajstić information content (AvgIpc) is 3.56. The molecule has 84 heavy (non-hydrogen) atoms. The topological polar surface area (TPSA) is 298 Å². The molecule has 5 aliphatic heterocycles. The second-order valence-corrected chi connectivity index (χ2v) is 24.7. The van der Waals surface area contributed by atoms with Crippen LogP contribution < -0.4 is 27.0 Å². The normalized spacial score (nSPS) is 21.3. The van der Waals surface area contributed by atoms with Gasteiger partial charge in [0.25, 0.3) is 11.8 Å². The number of nitrogens with one attached hydrogen (secondary N) is 4. The Morgan fingerprint density at radius 3 is 2.38 bits per heavy atom. The number of piperidine rings is 2. The Bertz CT molecular complexity index is 3430. The molecule has 6 atom stereocenters. The van der Waals surface area contributed by atoms with Crippen molar-refractivity contribution in [2.45, 2.75) is 126 Å². The number of likely N-dealkylation sites (N-methyl/N-ethyl adjacent to an activating group) is 1. The van der Waals surface area contributed by atoms with Gasteiger partial charge in [-0.2, -0.15) is 8.78 Å². The van der Waals surface area contributed by atoms with E-state index < -0.39 is 114 Å². The van der Waals surface area contributed by atoms with Crippen LogP contribution in [-0.4, -0.2) is 152 Å². The minimum atomic E-state index is -5.89. The summed E-state index contributed by atoms with van der Waals surface area (Å²) in [6.07, 6.45) is 2.55. The number of amides is 9. The van der Waals surface area contributed by atoms with Gasteiger partial charge in [0.05, 0.1) is 4.88 Å². The number of nitrogens with zero attached hydrogens (tertiary/aromatic N) is 4. The van der Waals surface area contributed by atoms with Gasteiger partial charge in [0, 0.05) is 79.3 Å². The van der Waals surface area contributed by atoms with Crippen LogP contribution in [0.4, 0.5) is 17.6 Å². The molecule has 0 spiro atoms. The fraction of sp³-hybridized carbons (Fsp3) is 0.456. The predicted molar refractivity (Wildman–Crippen MR) is 295 cm³/mol. The van der Waals surface area contributed by atoms with Gasteiger partial charge >= 0.3 is 13.3 Å². The lowest BCUT2D eigenvalue weighted by molar-refractivity contribution is -0.144. The van der Waals surface area contributed by atoms with Crippen molar-refractivity contribution >= 4 is 82.2 Å². The van der Waals surface area contributed by atoms with Crippen LogP contribution in [0.2, 0.25) is 0 Å². The first-order chi connectivity index (χ1) is 39.9. The zero-order valence-corrected chi connectivity index (χ0v) is 47.3. The van der Waals surface area contributed by atoms with Crippen LogP contribution in [0.5, 0.6) is 0 Å². The highest BCUT2D eigenvalue weighted by molar-refractivity contribution is 7.52. The summed E-state index contributed by atoms with van der Waals surface area (Å²) in [5, 5.41) is 10.5. The van der Waals surface area contributed by atoms with Crippen LogP contribution in [0.25, 0.3) is 10.1 Å². The molecule has 0 aliphatic carbocycles. The van der Waals surface area contributed by atoms with Gasteiger partial charge in [0.2, 0.25) is 41.4 Å². The van der Waals surface area contributed by atoms with E-state index in [2.05, 4.69) is 33.1 Å². The maximum atomic E-state index is 14.6. The van der Waals surface area contributed by atoms with Gasteiger partial charge in [-0.15, -0.1) is 11.3 Å². The fourth-order valence-electron chi connectivity index (χ4n) is 11.6. The molecule has 0 bridgehead atoms. The predicted octanol–water partition coefficient (Wildman–Crippen LogP) is 3.51. The number of benzene rings is 3. The van der Waals surface area contributed by atoms with Gasteiger partial charge in [-0.05, 0) is 130 Å². The van der Waals surface area contributed by atoms with E-state index in [1.165, 1.54) is 28.0 Å². The smallest absolute Gasteiger partial charge is 0.370 e. The van der Waals surface area contributed by atoms with Crippen molar-refractivity contribution in [1.29, 1.82) is 0 Å². The third-order valence-corrected chi connectivity index (χ3v) is 18.3. The molecule has 0 saturated carbocycles. The van der Waals surface area contributed by atoms with E-state index in [-0.39, 0.29) is 91.8 Å². The molecule has 4 aromatic rings. The van der Waals surface area contributed by atoms with Crippen LogP contribution in [-0.2, 0) is 56.8 Å². The lowest BCUT2D eigenvalue weighted by atomic mass is 9.91. The highest BCUT2D eigenvalue weighted by Gasteiger charge is 2.51. The summed E-state index contributed by atoms with van der Waals surface area (Å²) in [6.45, 7) is 1.15. The van der Waals surface area contributed by atoms with Gasteiger partial charge < -0.3 is 51.1 Å². The first-order valence-corrected chi connectivity index (χ1v) is 30.0. The Labute approximate surface area is 483 Å². The molecule has 5 aliphatic rings. The zero-order chi connectivity index (χ0) is 60.4. The summed E-state index contributed by atoms with van der Waals surface area (Å²) < 4.78 is 69.7. The number of carbonyl (C=O) groups excluding carboxylic acids is 9. The Morgan fingerprint density at radius 1 is 0.905 bits per heavy atom. The Balaban J connectivity index is 0.849. The molecule has 4 saturated heterocycles. The number of carbonyl (C=O) groups is 9. The number of primary amides is 1. The number of hydrogen-bond donors (Lipinski definition) is 7. The molecule has 1 aromatic heterocycles. The van der Waals surface area contributed by atoms with Gasteiger partial charge in [0.1, 0.15) is 30.2 Å². The Morgan fingerprint density at radius 2 is 1.67 bits per heavy atom. The van der Waals surface area contributed by atoms with Crippen molar-refractivity contribution in [2.75, 3.05) is 33.2 Å². The van der Waals surface area contributed by atoms with Crippen LogP contribution in [0.3, 0.4) is 0 Å². The largest absolute Gasteiger partial charge is 0.399 e. The van der Waals surface area contributed by atoms with Crippen molar-refractivity contribution in [3.63, 3.8) is 0 Å². The van der Waals surface area contributed by atoms with E-state index in [0.717, 1.165) is 35.6 Å². The monoisotopic (exact) mass is 1200 g/mol. The molecular formula is C57H62F4N9O12PS. The molecule has 4 fully saturated rings. The molecule has 446 valence electrons. The molecule has 8 N–H and O–H groups in total. The number of likely N-dealkylation sites (tertiary alicyclic amines) is 1. The van der Waals surface area contributed by atoms with E-state index >= 15 is 0 Å². The number of rotatable bonds is 17. The number of hydrogen-bond acceptors (Lipinski definition) is 12. The maximum Gasteiger partial charge on any atom is 0.399 e. The van der Waals surface area contributed by atoms with Gasteiger partial charge in [0.15, 0.2) is 11.6 Å². The number of imide groups is 1. The van der Waals surface area contributed by atoms with Crippen molar-refractivity contribution in [3.05, 3.63) is 105 Å². The highest BCUT2D eigenvalue weighted by Crippen LogP contribution is 2.59. The molecule has 9 amide bonds. The second-order valence-electron chi connectivity index (χ2n) is 21.9. The van der Waals surface area contributed by atoms with Crippen LogP contribution in [0, 0.1) is 29.4 Å². The summed E-state index contributed by atoms with van der Waals surface area (Å²) >= 11 is 0.892. The highest BCUT2D eigenvalue weighted by atomic mass is 32.1. The SMILES string of the molecule is CN1CC[C@H]2CC[C@@H](C(=O)NC(CCC(N)=O)C(=O)NC(Cc3ccc(F)c(F)c3)C(=O)N3CCC(CCC#Cc4cccc5c4CN(C4CCC(=O)NC4=O)C5=O)CC3)N2C(=O)[C@@H](NC(=O)c2cc3cc(C(F)(F)P(=O)(O)O)ccc3s2)C1. The Hall–Kier alpha value is -7.56. The summed E-state index contributed by atoms with van der Waals surface area (Å²) in [7, 11) is -4.15. The summed E-state index contributed by atoms with van der Waals surface area (Å²) in [6, 6.07) is 5.89. The molecule has 3 aromatic carbocycles. The second kappa shape index (κ2) is 25.3. The van der Waals surface area contributed by atoms with Gasteiger partial charge in [-0.3, -0.25) is 53.0 Å². The molecular weight excluding hydrogens is 1140 g/mol. The average molecular weight is 1200 g/mol. The number of thiophene rings is 1. The van der Waals surface area contributed by atoms with Crippen LogP contribution in [0.1, 0.15) is 113 Å². The van der Waals surface area contributed by atoms with Crippen LogP contribution >= 0.6 is 18.9 Å². The van der Waals surface area contributed by atoms with Crippen molar-refractivity contribution in [3.8, 4) is 11.8 Å². The summed E-state index contributed by atoms with van der Waals surface area (Å²) in [4.78, 5) is 146. The molecule has 0 radical (unpaired) electrons. The van der Waals surface area contributed by atoms with Crippen molar-refractivity contribution in [2.24, 2.45) is 11.7 Å². The molecule has 3 unspecified atom stereocenters. The maximum absolute atomic E-state index is 14.6. The van der Waals surface area contributed by atoms with Gasteiger partial charge in [-0.25, -0.2) is 8.78 Å². The fourth-order valence-corrected chi connectivity index (χ4v) is 13.1. The zero-order valence-electron chi connectivity index (χ0n) is 45.5. The standard InChI is InChI=1S/C57H62F4N9O12PS/c1-67-22-21-36-11-14-45(70(36)56(79)43(30-67)65-53(76)47-28-34-27-35(10-16-46(34)84-47)57(60,61)83(80,81)82)52(75)63-41(13-17-48(62)71)50(73)64-42(26-32-9-12-39(58)40(59)25-32)55(78)68-23-19-31(20-24-68)5-2-3-6-33-7-4-8-37-38(33)29-69(54(37)77)44-15-18-49(72)66-51(44)74/h4,7-10,12,16,25,27-28,31,36,41-45H,2,5,11,13-15,17-24,26,29-30H2,1H3,(H2,62,71)(H,63,75)(H,64,73)(H,65,76)(H,66,72,74)(H2,80,81,82)/t36-,41?,42?,43+,44?,45+/m1/s1. The van der Waals surface area contributed by atoms with Gasteiger partial charge in [-0.1, -0.05) is 30.0 Å². The number of nitrogens with two attached hydrogens (primary N) is 1. The molecule has 21 nitrogen and oxygen atoms in total. The third kappa shape index (κ3) is 13.5. The first kappa shape index (κ1) is 61.0. The van der Waals surface area contributed by atoms with E-state index in [1.807, 2.05) is 4.90 Å². The molecule has 6 heterocycles. The lowest BCUT2D eigenvalue weighted by Gasteiger charge is -2.38. The quantitative estimate of drug-likeness (QED) is 0.0345. The molecule has 9 rings (SSSR count). The van der Waals surface area contributed by atoms with E-state index in [4.69, 9.17) is 5.73 Å². The number of halogens is 4. The summed E-state index contributed by atoms with van der Waals surface area (Å²) in [5.41, 5.74) is 2.03. The van der Waals surface area contributed by atoms with E-state index in [9.17, 15) is 75.1 Å². The Kier molecular flexibility index (Phi) is 18.4. The minimum Gasteiger partial charge on any atom is -0.370 e. The third-order valence-electron chi connectivity index (χ3n) is 16.2. The number of alkyl halides is 2. The van der Waals surface area contributed by atoms with Crippen molar-refractivity contribution in [1.82, 2.24) is 40.9 Å². The van der Waals surface area contributed by atoms with Crippen LogP contribution in [0.15, 0.2) is 60.7 Å². The number of fused-ring (bicyclic) bond motifs is 3. The lowest BCUT2D eigenvalue weighted by Crippen LogP contribution is -2.61. The minimum absolute atomic E-state index is 0.00360. The van der Waals surface area contributed by atoms with E-state index in [0.29, 0.717) is 66.5 Å². The summed E-state index contributed by atoms with van der Waals surface area (Å²) in [5.74, 6) is -1.43. The van der Waals surface area contributed by atoms with E-state index in [1.54, 1.807) is 30.1 Å². The first-order valence-electron chi connectivity index (χ1n) is 27.5. The van der Waals surface area contributed by atoms with Crippen molar-refractivity contribution < 1.29 is 75.1 Å².